The Hall–Kier alpha value is -2.27. The van der Waals surface area contributed by atoms with Crippen LogP contribution in [0, 0.1) is 0 Å². The molecule has 0 bridgehead atoms. The minimum Gasteiger partial charge on any atom is -0.490 e. The van der Waals surface area contributed by atoms with Crippen LogP contribution < -0.4 is 14.8 Å². The molecule has 0 unspecified atom stereocenters. The van der Waals surface area contributed by atoms with Gasteiger partial charge in [-0.1, -0.05) is 41.4 Å². The van der Waals surface area contributed by atoms with Gasteiger partial charge < -0.3 is 14.8 Å². The first-order valence-corrected chi connectivity index (χ1v) is 9.56. The van der Waals surface area contributed by atoms with Crippen LogP contribution in [-0.4, -0.2) is 19.1 Å². The fourth-order valence-corrected chi connectivity index (χ4v) is 2.66. The van der Waals surface area contributed by atoms with Crippen molar-refractivity contribution < 1.29 is 14.3 Å². The lowest BCUT2D eigenvalue weighted by Crippen LogP contribution is -2.07. The van der Waals surface area contributed by atoms with E-state index in [1.165, 1.54) is 6.08 Å². The number of amides is 1. The fraction of sp³-hybridized carbons (Fsp3) is 0.286. The summed E-state index contributed by atoms with van der Waals surface area (Å²) < 4.78 is 12.3. The molecular weight excluding hydrogens is 394 g/mol. The van der Waals surface area contributed by atoms with Gasteiger partial charge in [-0.05, 0) is 55.3 Å². The molecule has 0 saturated heterocycles. The van der Waals surface area contributed by atoms with Gasteiger partial charge in [-0.15, -0.1) is 0 Å². The van der Waals surface area contributed by atoms with Gasteiger partial charge >= 0.3 is 0 Å². The van der Waals surface area contributed by atoms with Crippen molar-refractivity contribution in [2.24, 2.45) is 0 Å². The van der Waals surface area contributed by atoms with Gasteiger partial charge in [-0.25, -0.2) is 0 Å². The number of anilines is 1. The number of benzene rings is 2. The summed E-state index contributed by atoms with van der Waals surface area (Å²) in [6.07, 6.45) is 5.34. The zero-order valence-electron chi connectivity index (χ0n) is 15.1. The van der Waals surface area contributed by atoms with Crippen molar-refractivity contribution in [2.75, 3.05) is 18.5 Å². The molecule has 0 saturated carbocycles. The summed E-state index contributed by atoms with van der Waals surface area (Å²) in [7, 11) is 0. The maximum absolute atomic E-state index is 12.1. The first-order valence-electron chi connectivity index (χ1n) is 8.76. The Morgan fingerprint density at radius 1 is 1.12 bits per heavy atom. The Bertz CT molecular complexity index is 759. The smallest absolute Gasteiger partial charge is 0.248 e. The van der Waals surface area contributed by atoms with Crippen LogP contribution in [0.5, 0.6) is 11.5 Å². The first kappa shape index (κ1) is 20.0. The summed E-state index contributed by atoms with van der Waals surface area (Å²) in [6, 6.07) is 13.1. The maximum atomic E-state index is 12.1. The van der Waals surface area contributed by atoms with Crippen LogP contribution in [0.25, 0.3) is 6.08 Å². The topological polar surface area (TPSA) is 47.6 Å². The van der Waals surface area contributed by atoms with E-state index in [1.807, 2.05) is 49.4 Å². The van der Waals surface area contributed by atoms with Gasteiger partial charge in [0.25, 0.3) is 0 Å². The van der Waals surface area contributed by atoms with Crippen molar-refractivity contribution in [1.29, 1.82) is 0 Å². The number of unbranched alkanes of at least 4 members (excludes halogenated alkanes) is 1. The fourth-order valence-electron chi connectivity index (χ4n) is 2.26. The normalized spacial score (nSPS) is 10.7. The standard InChI is InChI=1S/C21H24BrNO3/c1-3-5-13-26-19-11-9-16(14-20(19)25-4-2)10-12-21(24)23-18-8-6-7-17(22)15-18/h6-12,14-15H,3-5,13H2,1-2H3,(H,23,24)/b12-10+. The molecule has 138 valence electrons. The number of carbonyl (C=O) groups is 1. The van der Waals surface area contributed by atoms with Crippen molar-refractivity contribution in [3.8, 4) is 11.5 Å². The molecule has 0 aliphatic heterocycles. The molecule has 4 nitrogen and oxygen atoms in total. The molecule has 1 amide bonds. The van der Waals surface area contributed by atoms with E-state index in [4.69, 9.17) is 9.47 Å². The van der Waals surface area contributed by atoms with E-state index in [0.717, 1.165) is 34.3 Å². The van der Waals surface area contributed by atoms with E-state index >= 15 is 0 Å². The van der Waals surface area contributed by atoms with Crippen molar-refractivity contribution in [1.82, 2.24) is 0 Å². The van der Waals surface area contributed by atoms with Gasteiger partial charge in [-0.3, -0.25) is 4.79 Å². The lowest BCUT2D eigenvalue weighted by Gasteiger charge is -2.12. The quantitative estimate of drug-likeness (QED) is 0.421. The average molecular weight is 418 g/mol. The van der Waals surface area contributed by atoms with Crippen molar-refractivity contribution in [3.63, 3.8) is 0 Å². The van der Waals surface area contributed by atoms with E-state index in [-0.39, 0.29) is 5.91 Å². The number of nitrogens with one attached hydrogen (secondary N) is 1. The first-order chi connectivity index (χ1) is 12.6. The molecule has 2 aromatic carbocycles. The van der Waals surface area contributed by atoms with E-state index in [2.05, 4.69) is 28.2 Å². The van der Waals surface area contributed by atoms with Crippen LogP contribution in [0.3, 0.4) is 0 Å². The highest BCUT2D eigenvalue weighted by Crippen LogP contribution is 2.29. The Morgan fingerprint density at radius 3 is 2.69 bits per heavy atom. The minimum absolute atomic E-state index is 0.190. The molecule has 0 aliphatic rings. The van der Waals surface area contributed by atoms with Gasteiger partial charge in [0.1, 0.15) is 0 Å². The lowest BCUT2D eigenvalue weighted by atomic mass is 10.2. The second kappa shape index (κ2) is 10.7. The van der Waals surface area contributed by atoms with Crippen LogP contribution >= 0.6 is 15.9 Å². The molecule has 0 spiro atoms. The molecule has 2 aromatic rings. The molecule has 0 aliphatic carbocycles. The molecule has 26 heavy (non-hydrogen) atoms. The third-order valence-corrected chi connectivity index (χ3v) is 4.04. The van der Waals surface area contributed by atoms with Gasteiger partial charge in [-0.2, -0.15) is 0 Å². The summed E-state index contributed by atoms with van der Waals surface area (Å²) in [5, 5.41) is 2.83. The number of rotatable bonds is 9. The SMILES string of the molecule is CCCCOc1ccc(/C=C/C(=O)Nc2cccc(Br)c2)cc1OCC. The largest absolute Gasteiger partial charge is 0.490 e. The zero-order chi connectivity index (χ0) is 18.8. The number of ether oxygens (including phenoxy) is 2. The molecular formula is C21H24BrNO3. The molecule has 0 aromatic heterocycles. The maximum Gasteiger partial charge on any atom is 0.248 e. The molecule has 0 atom stereocenters. The number of carbonyl (C=O) groups excluding carboxylic acids is 1. The Kier molecular flexibility index (Phi) is 8.22. The number of halogens is 1. The molecule has 5 heteroatoms. The van der Waals surface area contributed by atoms with Crippen LogP contribution in [0.1, 0.15) is 32.3 Å². The van der Waals surface area contributed by atoms with E-state index in [9.17, 15) is 4.79 Å². The van der Waals surface area contributed by atoms with Crippen LogP contribution in [0.4, 0.5) is 5.69 Å². The summed E-state index contributed by atoms with van der Waals surface area (Å²) in [5.74, 6) is 1.23. The second-order valence-corrected chi connectivity index (χ2v) is 6.59. The summed E-state index contributed by atoms with van der Waals surface area (Å²) in [4.78, 5) is 12.1. The Balaban J connectivity index is 2.04. The van der Waals surface area contributed by atoms with Gasteiger partial charge in [0.05, 0.1) is 13.2 Å². The highest BCUT2D eigenvalue weighted by atomic mass is 79.9. The van der Waals surface area contributed by atoms with E-state index < -0.39 is 0 Å². The van der Waals surface area contributed by atoms with Crippen molar-refractivity contribution in [3.05, 3.63) is 58.6 Å². The predicted octanol–water partition coefficient (Wildman–Crippen LogP) is 5.68. The zero-order valence-corrected chi connectivity index (χ0v) is 16.7. The van der Waals surface area contributed by atoms with Crippen LogP contribution in [-0.2, 0) is 4.79 Å². The Labute approximate surface area is 163 Å². The molecule has 0 radical (unpaired) electrons. The molecule has 2 rings (SSSR count). The molecule has 0 heterocycles. The number of hydrogen-bond acceptors (Lipinski definition) is 3. The van der Waals surface area contributed by atoms with E-state index in [0.29, 0.717) is 19.0 Å². The highest BCUT2D eigenvalue weighted by Gasteiger charge is 2.06. The number of hydrogen-bond donors (Lipinski definition) is 1. The Morgan fingerprint density at radius 2 is 1.96 bits per heavy atom. The minimum atomic E-state index is -0.190. The third-order valence-electron chi connectivity index (χ3n) is 3.54. The monoisotopic (exact) mass is 417 g/mol. The van der Waals surface area contributed by atoms with Crippen molar-refractivity contribution >= 4 is 33.6 Å². The van der Waals surface area contributed by atoms with Crippen molar-refractivity contribution in [2.45, 2.75) is 26.7 Å². The third kappa shape index (κ3) is 6.56. The van der Waals surface area contributed by atoms with Crippen LogP contribution in [0.2, 0.25) is 0 Å². The highest BCUT2D eigenvalue weighted by molar-refractivity contribution is 9.10. The second-order valence-electron chi connectivity index (χ2n) is 5.67. The van der Waals surface area contributed by atoms with Gasteiger partial charge in [0.2, 0.25) is 5.91 Å². The molecule has 1 N–H and O–H groups in total. The lowest BCUT2D eigenvalue weighted by molar-refractivity contribution is -0.111. The molecule has 0 fully saturated rings. The average Bonchev–Trinajstić information content (AvgIpc) is 2.62. The van der Waals surface area contributed by atoms with Gasteiger partial charge in [0.15, 0.2) is 11.5 Å². The summed E-state index contributed by atoms with van der Waals surface area (Å²) in [5.41, 5.74) is 1.62. The van der Waals surface area contributed by atoms with E-state index in [1.54, 1.807) is 6.08 Å². The predicted molar refractivity (Wildman–Crippen MR) is 110 cm³/mol. The summed E-state index contributed by atoms with van der Waals surface area (Å²) in [6.45, 7) is 5.28. The summed E-state index contributed by atoms with van der Waals surface area (Å²) >= 11 is 3.38. The van der Waals surface area contributed by atoms with Crippen LogP contribution in [0.15, 0.2) is 53.0 Å². The van der Waals surface area contributed by atoms with Gasteiger partial charge in [0, 0.05) is 16.2 Å².